The quantitative estimate of drug-likeness (QED) is 0.391. The maximum absolute atomic E-state index is 12.5. The minimum absolute atomic E-state index is 0.0902. The van der Waals surface area contributed by atoms with Crippen LogP contribution in [0.15, 0.2) is 71.2 Å². The molecule has 2 aromatic carbocycles. The Labute approximate surface area is 181 Å². The largest absolute Gasteiger partial charge is 0.325 e. The van der Waals surface area contributed by atoms with Crippen molar-refractivity contribution in [3.8, 4) is 16.4 Å². The van der Waals surface area contributed by atoms with E-state index in [4.69, 9.17) is 11.6 Å². The standard InChI is InChI=1S/C21H17ClN4OS2/c1-14-5-2-3-6-17(14)23-19(27)13-29-21-25-24-20(18-7-4-12-28-18)26(21)16-10-8-15(22)9-11-16/h2-12H,13H2,1H3,(H,23,27). The molecule has 29 heavy (non-hydrogen) atoms. The monoisotopic (exact) mass is 440 g/mol. The Hall–Kier alpha value is -2.61. The SMILES string of the molecule is Cc1ccccc1NC(=O)CSc1nnc(-c2cccs2)n1-c1ccc(Cl)cc1. The molecule has 1 amide bonds. The topological polar surface area (TPSA) is 59.8 Å². The van der Waals surface area contributed by atoms with Gasteiger partial charge >= 0.3 is 0 Å². The van der Waals surface area contributed by atoms with Gasteiger partial charge in [0.2, 0.25) is 5.91 Å². The van der Waals surface area contributed by atoms with Gasteiger partial charge in [0.05, 0.1) is 10.6 Å². The van der Waals surface area contributed by atoms with E-state index in [-0.39, 0.29) is 11.7 Å². The first-order valence-corrected chi connectivity index (χ1v) is 11.1. The minimum atomic E-state index is -0.0902. The zero-order valence-corrected chi connectivity index (χ0v) is 17.9. The Kier molecular flexibility index (Phi) is 5.99. The fourth-order valence-electron chi connectivity index (χ4n) is 2.78. The summed E-state index contributed by atoms with van der Waals surface area (Å²) in [5, 5.41) is 15.0. The van der Waals surface area contributed by atoms with Gasteiger partial charge in [-0.3, -0.25) is 9.36 Å². The molecule has 2 heterocycles. The van der Waals surface area contributed by atoms with Crippen molar-refractivity contribution in [3.63, 3.8) is 0 Å². The van der Waals surface area contributed by atoms with Gasteiger partial charge in [-0.15, -0.1) is 21.5 Å². The second-order valence-electron chi connectivity index (χ2n) is 6.25. The molecule has 4 aromatic rings. The molecule has 0 saturated carbocycles. The zero-order valence-electron chi connectivity index (χ0n) is 15.5. The molecule has 1 N–H and O–H groups in total. The Morgan fingerprint density at radius 1 is 1.10 bits per heavy atom. The third kappa shape index (κ3) is 4.53. The number of amides is 1. The second kappa shape index (κ2) is 8.82. The smallest absolute Gasteiger partial charge is 0.234 e. The van der Waals surface area contributed by atoms with E-state index in [1.165, 1.54) is 11.8 Å². The van der Waals surface area contributed by atoms with Gasteiger partial charge in [-0.2, -0.15) is 0 Å². The number of hydrogen-bond donors (Lipinski definition) is 1. The highest BCUT2D eigenvalue weighted by molar-refractivity contribution is 7.99. The number of para-hydroxylation sites is 1. The third-order valence-electron chi connectivity index (χ3n) is 4.21. The number of rotatable bonds is 6. The second-order valence-corrected chi connectivity index (χ2v) is 8.57. The summed E-state index contributed by atoms with van der Waals surface area (Å²) in [5.41, 5.74) is 2.73. The maximum Gasteiger partial charge on any atom is 0.234 e. The van der Waals surface area contributed by atoms with Crippen LogP contribution in [-0.4, -0.2) is 26.4 Å². The molecule has 5 nitrogen and oxygen atoms in total. The average molecular weight is 441 g/mol. The van der Waals surface area contributed by atoms with Crippen molar-refractivity contribution in [1.82, 2.24) is 14.8 Å². The van der Waals surface area contributed by atoms with Gasteiger partial charge < -0.3 is 5.32 Å². The molecule has 0 unspecified atom stereocenters. The number of halogens is 1. The number of aromatic nitrogens is 3. The molecule has 8 heteroatoms. The molecule has 0 aliphatic heterocycles. The predicted octanol–water partition coefficient (Wildman–Crippen LogP) is 5.69. The summed E-state index contributed by atoms with van der Waals surface area (Å²) in [4.78, 5) is 13.5. The number of nitrogens with zero attached hydrogens (tertiary/aromatic N) is 3. The number of anilines is 1. The fraction of sp³-hybridized carbons (Fsp3) is 0.0952. The molecule has 0 saturated heterocycles. The lowest BCUT2D eigenvalue weighted by molar-refractivity contribution is -0.113. The van der Waals surface area contributed by atoms with Crippen LogP contribution in [0.3, 0.4) is 0 Å². The van der Waals surface area contributed by atoms with Gasteiger partial charge in [0.1, 0.15) is 0 Å². The highest BCUT2D eigenvalue weighted by Crippen LogP contribution is 2.31. The summed E-state index contributed by atoms with van der Waals surface area (Å²) in [5.74, 6) is 0.876. The van der Waals surface area contributed by atoms with Crippen LogP contribution in [0.4, 0.5) is 5.69 Å². The van der Waals surface area contributed by atoms with E-state index in [0.717, 1.165) is 27.6 Å². The Morgan fingerprint density at radius 2 is 1.90 bits per heavy atom. The van der Waals surface area contributed by atoms with Crippen LogP contribution in [0.25, 0.3) is 16.4 Å². The number of aryl methyl sites for hydroxylation is 1. The summed E-state index contributed by atoms with van der Waals surface area (Å²) < 4.78 is 1.95. The van der Waals surface area contributed by atoms with Crippen molar-refractivity contribution >= 4 is 46.3 Å². The number of nitrogens with one attached hydrogen (secondary N) is 1. The molecular weight excluding hydrogens is 424 g/mol. The van der Waals surface area contributed by atoms with E-state index < -0.39 is 0 Å². The lowest BCUT2D eigenvalue weighted by Crippen LogP contribution is -2.15. The maximum atomic E-state index is 12.5. The molecule has 2 aromatic heterocycles. The van der Waals surface area contributed by atoms with Gasteiger partial charge in [0.15, 0.2) is 11.0 Å². The molecule has 0 radical (unpaired) electrons. The van der Waals surface area contributed by atoms with E-state index in [1.54, 1.807) is 11.3 Å². The van der Waals surface area contributed by atoms with E-state index in [0.29, 0.717) is 10.2 Å². The summed E-state index contributed by atoms with van der Waals surface area (Å²) in [6.45, 7) is 1.97. The lowest BCUT2D eigenvalue weighted by Gasteiger charge is -2.10. The van der Waals surface area contributed by atoms with E-state index in [1.807, 2.05) is 77.5 Å². The van der Waals surface area contributed by atoms with Crippen LogP contribution in [0.5, 0.6) is 0 Å². The molecule has 4 rings (SSSR count). The first-order valence-electron chi connectivity index (χ1n) is 8.85. The predicted molar refractivity (Wildman–Crippen MR) is 120 cm³/mol. The molecule has 0 bridgehead atoms. The number of hydrogen-bond acceptors (Lipinski definition) is 5. The molecule has 0 fully saturated rings. The number of benzene rings is 2. The van der Waals surface area contributed by atoms with Gasteiger partial charge in [0.25, 0.3) is 0 Å². The summed E-state index contributed by atoms with van der Waals surface area (Å²) in [6, 6.07) is 19.2. The molecule has 0 spiro atoms. The van der Waals surface area contributed by atoms with Crippen LogP contribution < -0.4 is 5.32 Å². The van der Waals surface area contributed by atoms with E-state index in [9.17, 15) is 4.79 Å². The number of thioether (sulfide) groups is 1. The lowest BCUT2D eigenvalue weighted by atomic mass is 10.2. The first-order chi connectivity index (χ1) is 14.1. The van der Waals surface area contributed by atoms with Gasteiger partial charge in [-0.1, -0.05) is 47.6 Å². The summed E-state index contributed by atoms with van der Waals surface area (Å²) >= 11 is 8.99. The van der Waals surface area contributed by atoms with Crippen LogP contribution in [0.1, 0.15) is 5.56 Å². The van der Waals surface area contributed by atoms with Gasteiger partial charge in [-0.05, 0) is 54.3 Å². The van der Waals surface area contributed by atoms with Crippen LogP contribution in [0, 0.1) is 6.92 Å². The summed E-state index contributed by atoms with van der Waals surface area (Å²) in [7, 11) is 0. The summed E-state index contributed by atoms with van der Waals surface area (Å²) in [6.07, 6.45) is 0. The molecule has 0 atom stereocenters. The highest BCUT2D eigenvalue weighted by Gasteiger charge is 2.18. The number of carbonyl (C=O) groups excluding carboxylic acids is 1. The first kappa shape index (κ1) is 19.7. The number of carbonyl (C=O) groups is 1. The third-order valence-corrected chi connectivity index (χ3v) is 6.26. The number of thiophene rings is 1. The van der Waals surface area contributed by atoms with Crippen LogP contribution in [-0.2, 0) is 4.79 Å². The highest BCUT2D eigenvalue weighted by atomic mass is 35.5. The van der Waals surface area contributed by atoms with E-state index >= 15 is 0 Å². The van der Waals surface area contributed by atoms with Crippen molar-refractivity contribution < 1.29 is 4.79 Å². The molecular formula is C21H17ClN4OS2. The minimum Gasteiger partial charge on any atom is -0.325 e. The zero-order chi connectivity index (χ0) is 20.2. The van der Waals surface area contributed by atoms with Crippen molar-refractivity contribution in [2.45, 2.75) is 12.1 Å². The van der Waals surface area contributed by atoms with E-state index in [2.05, 4.69) is 15.5 Å². The Morgan fingerprint density at radius 3 is 2.62 bits per heavy atom. The van der Waals surface area contributed by atoms with Crippen molar-refractivity contribution in [1.29, 1.82) is 0 Å². The van der Waals surface area contributed by atoms with Crippen molar-refractivity contribution in [2.75, 3.05) is 11.1 Å². The van der Waals surface area contributed by atoms with Crippen molar-refractivity contribution in [2.24, 2.45) is 0 Å². The Bertz CT molecular complexity index is 1120. The van der Waals surface area contributed by atoms with Crippen LogP contribution in [0.2, 0.25) is 5.02 Å². The molecule has 146 valence electrons. The van der Waals surface area contributed by atoms with Gasteiger partial charge in [-0.25, -0.2) is 0 Å². The fourth-order valence-corrected chi connectivity index (χ4v) is 4.36. The Balaban J connectivity index is 1.58. The van der Waals surface area contributed by atoms with Gasteiger partial charge in [0, 0.05) is 16.4 Å². The average Bonchev–Trinajstić information content (AvgIpc) is 3.38. The van der Waals surface area contributed by atoms with Crippen molar-refractivity contribution in [3.05, 3.63) is 76.6 Å². The molecule has 0 aliphatic rings. The molecule has 0 aliphatic carbocycles. The normalized spacial score (nSPS) is 10.8. The van der Waals surface area contributed by atoms with Crippen LogP contribution >= 0.6 is 34.7 Å².